The molecule has 10 heteroatoms. The number of aromatic nitrogens is 4. The Hall–Kier alpha value is -3.79. The lowest BCUT2D eigenvalue weighted by Crippen LogP contribution is -2.42. The zero-order chi connectivity index (χ0) is 23.7. The van der Waals surface area contributed by atoms with Crippen molar-refractivity contribution in [1.82, 2.24) is 25.1 Å². The smallest absolute Gasteiger partial charge is 0.267 e. The largest absolute Gasteiger partial charge is 0.342 e. The maximum absolute atomic E-state index is 12.9. The fourth-order valence-corrected chi connectivity index (χ4v) is 4.64. The van der Waals surface area contributed by atoms with Gasteiger partial charge in [0.15, 0.2) is 5.13 Å². The summed E-state index contributed by atoms with van der Waals surface area (Å²) in [6, 6.07) is 9.74. The topological polar surface area (TPSA) is 116 Å². The number of carbonyl (C=O) groups excluding carboxylic acids is 2. The summed E-state index contributed by atoms with van der Waals surface area (Å²) in [5.74, 6) is 0.413. The summed E-state index contributed by atoms with van der Waals surface area (Å²) in [6.45, 7) is 1.94. The molecule has 0 aliphatic heterocycles. The molecule has 174 valence electrons. The SMILES string of the molecule is Cc1ccc2[nH]ncc2c1NC(=O)c1cnc(Nc2cccc(CC(=O)N(C)C3CCC3)n2)s1. The summed E-state index contributed by atoms with van der Waals surface area (Å²) >= 11 is 1.23. The number of amides is 2. The Morgan fingerprint density at radius 2 is 2.06 bits per heavy atom. The number of likely N-dealkylation sites (N-methyl/N-ethyl adjacent to an activating group) is 1. The zero-order valence-corrected chi connectivity index (χ0v) is 19.8. The van der Waals surface area contributed by atoms with Gasteiger partial charge in [-0.15, -0.1) is 0 Å². The number of carbonyl (C=O) groups is 2. The molecule has 1 aliphatic rings. The number of aryl methyl sites for hydroxylation is 1. The Bertz CT molecular complexity index is 1360. The first-order chi connectivity index (χ1) is 16.5. The van der Waals surface area contributed by atoms with Crippen molar-refractivity contribution in [3.63, 3.8) is 0 Å². The molecular weight excluding hydrogens is 450 g/mol. The first kappa shape index (κ1) is 22.0. The number of benzene rings is 1. The number of rotatable bonds is 7. The van der Waals surface area contributed by atoms with Crippen LogP contribution in [0.3, 0.4) is 0 Å². The third-order valence-corrected chi connectivity index (χ3v) is 7.10. The Morgan fingerprint density at radius 3 is 2.85 bits per heavy atom. The lowest BCUT2D eigenvalue weighted by molar-refractivity contribution is -0.132. The predicted octanol–water partition coefficient (Wildman–Crippen LogP) is 4.27. The summed E-state index contributed by atoms with van der Waals surface area (Å²) in [5, 5.41) is 14.5. The third kappa shape index (κ3) is 4.49. The molecule has 1 aliphatic carbocycles. The van der Waals surface area contributed by atoms with Gasteiger partial charge in [0.05, 0.1) is 35.7 Å². The van der Waals surface area contributed by atoms with E-state index in [1.54, 1.807) is 6.20 Å². The number of anilines is 3. The van der Waals surface area contributed by atoms with Crippen LogP contribution < -0.4 is 10.6 Å². The van der Waals surface area contributed by atoms with Crippen molar-refractivity contribution in [2.75, 3.05) is 17.7 Å². The summed E-state index contributed by atoms with van der Waals surface area (Å²) in [7, 11) is 1.87. The molecule has 1 aromatic carbocycles. The molecule has 0 unspecified atom stereocenters. The highest BCUT2D eigenvalue weighted by molar-refractivity contribution is 7.17. The summed E-state index contributed by atoms with van der Waals surface area (Å²) < 4.78 is 0. The van der Waals surface area contributed by atoms with Crippen LogP contribution in [0, 0.1) is 6.92 Å². The molecule has 9 nitrogen and oxygen atoms in total. The molecule has 0 bridgehead atoms. The minimum absolute atomic E-state index is 0.0745. The van der Waals surface area contributed by atoms with E-state index in [0.29, 0.717) is 27.6 Å². The van der Waals surface area contributed by atoms with E-state index in [-0.39, 0.29) is 18.2 Å². The minimum atomic E-state index is -0.242. The van der Waals surface area contributed by atoms with E-state index < -0.39 is 0 Å². The van der Waals surface area contributed by atoms with E-state index in [2.05, 4.69) is 30.8 Å². The standard InChI is InChI=1S/C24H25N7O2S/c1-14-9-10-18-17(12-26-30-18)22(14)29-23(33)19-13-25-24(34-19)28-20-8-3-5-15(27-20)11-21(32)31(2)16-6-4-7-16/h3,5,8-10,12-13,16H,4,6-7,11H2,1-2H3,(H,26,30)(H,29,33)(H,25,27,28). The van der Waals surface area contributed by atoms with Crippen molar-refractivity contribution in [1.29, 1.82) is 0 Å². The Kier molecular flexibility index (Phi) is 5.97. The maximum atomic E-state index is 12.9. The van der Waals surface area contributed by atoms with E-state index in [0.717, 1.165) is 35.0 Å². The van der Waals surface area contributed by atoms with Crippen LogP contribution >= 0.6 is 11.3 Å². The lowest BCUT2D eigenvalue weighted by atomic mass is 9.91. The molecule has 0 atom stereocenters. The molecule has 0 spiro atoms. The number of aromatic amines is 1. The maximum Gasteiger partial charge on any atom is 0.267 e. The van der Waals surface area contributed by atoms with Gasteiger partial charge in [0.25, 0.3) is 5.91 Å². The van der Waals surface area contributed by atoms with Crippen molar-refractivity contribution in [2.45, 2.75) is 38.6 Å². The van der Waals surface area contributed by atoms with E-state index in [9.17, 15) is 9.59 Å². The van der Waals surface area contributed by atoms with E-state index >= 15 is 0 Å². The van der Waals surface area contributed by atoms with Crippen LogP contribution in [-0.2, 0) is 11.2 Å². The number of nitrogens with zero attached hydrogens (tertiary/aromatic N) is 4. The molecule has 4 aromatic rings. The van der Waals surface area contributed by atoms with Gasteiger partial charge in [-0.3, -0.25) is 14.7 Å². The Labute approximate surface area is 200 Å². The number of H-pyrrole nitrogens is 1. The predicted molar refractivity (Wildman–Crippen MR) is 133 cm³/mol. The summed E-state index contributed by atoms with van der Waals surface area (Å²) in [6.07, 6.45) is 6.83. The van der Waals surface area contributed by atoms with Crippen molar-refractivity contribution in [3.8, 4) is 0 Å². The monoisotopic (exact) mass is 475 g/mol. The van der Waals surface area contributed by atoms with Crippen LogP contribution in [0.4, 0.5) is 16.6 Å². The Balaban J connectivity index is 1.25. The highest BCUT2D eigenvalue weighted by atomic mass is 32.1. The van der Waals surface area contributed by atoms with Gasteiger partial charge in [0.1, 0.15) is 10.7 Å². The molecule has 2 amide bonds. The molecule has 3 heterocycles. The van der Waals surface area contributed by atoms with Crippen molar-refractivity contribution in [2.24, 2.45) is 0 Å². The first-order valence-corrected chi connectivity index (χ1v) is 12.0. The molecule has 1 fully saturated rings. The van der Waals surface area contributed by atoms with Crippen LogP contribution in [-0.4, -0.2) is 50.0 Å². The number of hydrogen-bond acceptors (Lipinski definition) is 7. The average molecular weight is 476 g/mol. The molecule has 3 N–H and O–H groups in total. The van der Waals surface area contributed by atoms with Crippen LogP contribution in [0.5, 0.6) is 0 Å². The average Bonchev–Trinajstić information content (AvgIpc) is 3.44. The van der Waals surface area contributed by atoms with Crippen LogP contribution in [0.1, 0.15) is 40.2 Å². The summed E-state index contributed by atoms with van der Waals surface area (Å²) in [5.41, 5.74) is 3.23. The molecule has 1 saturated carbocycles. The molecular formula is C24H25N7O2S. The van der Waals surface area contributed by atoms with Gasteiger partial charge < -0.3 is 15.5 Å². The molecule has 0 radical (unpaired) electrons. The second-order valence-corrected chi connectivity index (χ2v) is 9.51. The van der Waals surface area contributed by atoms with Crippen molar-refractivity contribution < 1.29 is 9.59 Å². The Morgan fingerprint density at radius 1 is 1.21 bits per heavy atom. The second-order valence-electron chi connectivity index (χ2n) is 8.48. The van der Waals surface area contributed by atoms with Gasteiger partial charge in [0.2, 0.25) is 5.91 Å². The normalized spacial score (nSPS) is 13.5. The van der Waals surface area contributed by atoms with Crippen LogP contribution in [0.15, 0.2) is 42.7 Å². The van der Waals surface area contributed by atoms with E-state index in [1.165, 1.54) is 24.0 Å². The first-order valence-electron chi connectivity index (χ1n) is 11.2. The number of hydrogen-bond donors (Lipinski definition) is 3. The molecule has 3 aromatic heterocycles. The quantitative estimate of drug-likeness (QED) is 0.368. The van der Waals surface area contributed by atoms with E-state index in [1.807, 2.05) is 49.2 Å². The lowest BCUT2D eigenvalue weighted by Gasteiger charge is -2.34. The van der Waals surface area contributed by atoms with Crippen molar-refractivity contribution in [3.05, 3.63) is 58.9 Å². The highest BCUT2D eigenvalue weighted by Gasteiger charge is 2.25. The molecule has 0 saturated heterocycles. The second kappa shape index (κ2) is 9.22. The third-order valence-electron chi connectivity index (χ3n) is 6.19. The number of fused-ring (bicyclic) bond motifs is 1. The fraction of sp³-hybridized carbons (Fsp3) is 0.292. The van der Waals surface area contributed by atoms with Crippen LogP contribution in [0.2, 0.25) is 0 Å². The minimum Gasteiger partial charge on any atom is -0.342 e. The number of pyridine rings is 1. The van der Waals surface area contributed by atoms with Gasteiger partial charge >= 0.3 is 0 Å². The molecule has 5 rings (SSSR count). The van der Waals surface area contributed by atoms with Gasteiger partial charge in [-0.25, -0.2) is 9.97 Å². The molecule has 34 heavy (non-hydrogen) atoms. The van der Waals surface area contributed by atoms with Crippen molar-refractivity contribution >= 4 is 50.7 Å². The van der Waals surface area contributed by atoms with Gasteiger partial charge in [0, 0.05) is 18.5 Å². The summed E-state index contributed by atoms with van der Waals surface area (Å²) in [4.78, 5) is 36.6. The zero-order valence-electron chi connectivity index (χ0n) is 19.0. The van der Waals surface area contributed by atoms with Gasteiger partial charge in [-0.05, 0) is 49.9 Å². The van der Waals surface area contributed by atoms with E-state index in [4.69, 9.17) is 0 Å². The number of nitrogens with one attached hydrogen (secondary N) is 3. The van der Waals surface area contributed by atoms with Crippen LogP contribution in [0.25, 0.3) is 10.9 Å². The van der Waals surface area contributed by atoms with Gasteiger partial charge in [-0.1, -0.05) is 23.5 Å². The fourth-order valence-electron chi connectivity index (χ4n) is 3.92. The number of thiazole rings is 1. The highest BCUT2D eigenvalue weighted by Crippen LogP contribution is 2.28. The van der Waals surface area contributed by atoms with Gasteiger partial charge in [-0.2, -0.15) is 5.10 Å².